The summed E-state index contributed by atoms with van der Waals surface area (Å²) in [5.41, 5.74) is 3.22. The van der Waals surface area contributed by atoms with Crippen molar-refractivity contribution in [3.8, 4) is 0 Å². The predicted octanol–water partition coefficient (Wildman–Crippen LogP) is 2.62. The molecule has 1 aromatic carbocycles. The minimum atomic E-state index is -4.09. The number of hydrogen-bond donors (Lipinski definition) is 1. The van der Waals surface area contributed by atoms with Gasteiger partial charge in [0, 0.05) is 0 Å². The Bertz CT molecular complexity index is 450. The van der Waals surface area contributed by atoms with Gasteiger partial charge in [0.05, 0.1) is 4.90 Å². The first kappa shape index (κ1) is 13.2. The molecule has 1 rings (SSSR count). The molecule has 0 bridgehead atoms. The van der Waals surface area contributed by atoms with E-state index in [4.69, 9.17) is 4.55 Å². The van der Waals surface area contributed by atoms with Gasteiger partial charge in [0.25, 0.3) is 10.1 Å². The van der Waals surface area contributed by atoms with E-state index in [2.05, 4.69) is 6.92 Å². The summed E-state index contributed by atoms with van der Waals surface area (Å²) >= 11 is 0. The molecule has 16 heavy (non-hydrogen) atoms. The molecule has 0 saturated heterocycles. The molecule has 0 aliphatic carbocycles. The number of benzene rings is 1. The van der Waals surface area contributed by atoms with Crippen molar-refractivity contribution in [2.45, 2.75) is 44.9 Å². The Hall–Kier alpha value is -0.870. The van der Waals surface area contributed by atoms with E-state index in [0.29, 0.717) is 0 Å². The summed E-state index contributed by atoms with van der Waals surface area (Å²) in [6.07, 6.45) is 2.44. The van der Waals surface area contributed by atoms with Crippen LogP contribution in [0.3, 0.4) is 0 Å². The van der Waals surface area contributed by atoms with Gasteiger partial charge < -0.3 is 0 Å². The number of hydrogen-bond acceptors (Lipinski definition) is 2. The van der Waals surface area contributed by atoms with E-state index in [0.717, 1.165) is 30.4 Å². The Morgan fingerprint density at radius 1 is 1.00 bits per heavy atom. The van der Waals surface area contributed by atoms with Crippen molar-refractivity contribution >= 4 is 10.1 Å². The van der Waals surface area contributed by atoms with E-state index in [-0.39, 0.29) is 4.90 Å². The molecule has 0 amide bonds. The Kier molecular flexibility index (Phi) is 4.10. The lowest BCUT2D eigenvalue weighted by molar-refractivity contribution is 0.483. The maximum absolute atomic E-state index is 11.1. The molecule has 0 atom stereocenters. The normalized spacial score (nSPS) is 11.8. The van der Waals surface area contributed by atoms with Crippen LogP contribution in [-0.4, -0.2) is 13.0 Å². The fraction of sp³-hybridized carbons (Fsp3) is 0.500. The van der Waals surface area contributed by atoms with E-state index < -0.39 is 10.1 Å². The van der Waals surface area contributed by atoms with Gasteiger partial charge in [0.15, 0.2) is 0 Å². The second-order valence-electron chi connectivity index (χ2n) is 3.76. The van der Waals surface area contributed by atoms with Crippen molar-refractivity contribution in [1.82, 2.24) is 0 Å². The highest BCUT2D eigenvalue weighted by atomic mass is 32.2. The smallest absolute Gasteiger partial charge is 0.282 e. The van der Waals surface area contributed by atoms with Crippen LogP contribution in [0.15, 0.2) is 17.0 Å². The fourth-order valence-corrected chi connectivity index (χ4v) is 2.58. The second kappa shape index (κ2) is 4.97. The standard InChI is InChI=1S/C12H18O3S/c1-4-9-7-11(16(13,14)15)8-10(5-2)12(9)6-3/h7-8H,4-6H2,1-3H3,(H,13,14,15). The summed E-state index contributed by atoms with van der Waals surface area (Å²) in [5, 5.41) is 0. The van der Waals surface area contributed by atoms with Crippen LogP contribution in [0, 0.1) is 0 Å². The molecule has 3 nitrogen and oxygen atoms in total. The number of rotatable bonds is 4. The van der Waals surface area contributed by atoms with Gasteiger partial charge in [-0.1, -0.05) is 20.8 Å². The lowest BCUT2D eigenvalue weighted by Gasteiger charge is -2.13. The molecule has 0 fully saturated rings. The van der Waals surface area contributed by atoms with E-state index in [1.807, 2.05) is 13.8 Å². The Morgan fingerprint density at radius 3 is 1.69 bits per heavy atom. The lowest BCUT2D eigenvalue weighted by atomic mass is 9.96. The summed E-state index contributed by atoms with van der Waals surface area (Å²) in [6.45, 7) is 6.03. The topological polar surface area (TPSA) is 54.4 Å². The first-order chi connectivity index (χ1) is 7.43. The van der Waals surface area contributed by atoms with Crippen LogP contribution in [0.25, 0.3) is 0 Å². The SMILES string of the molecule is CCc1cc(S(=O)(=O)O)cc(CC)c1CC. The minimum Gasteiger partial charge on any atom is -0.282 e. The number of aryl methyl sites for hydroxylation is 2. The van der Waals surface area contributed by atoms with Gasteiger partial charge in [-0.2, -0.15) is 8.42 Å². The van der Waals surface area contributed by atoms with Gasteiger partial charge in [-0.3, -0.25) is 4.55 Å². The summed E-state index contributed by atoms with van der Waals surface area (Å²) in [4.78, 5) is 0.0124. The first-order valence-electron chi connectivity index (χ1n) is 5.56. The summed E-state index contributed by atoms with van der Waals surface area (Å²) in [5.74, 6) is 0. The zero-order valence-corrected chi connectivity index (χ0v) is 10.8. The molecule has 0 aromatic heterocycles. The van der Waals surface area contributed by atoms with Crippen LogP contribution < -0.4 is 0 Å². The van der Waals surface area contributed by atoms with Crippen molar-refractivity contribution in [2.24, 2.45) is 0 Å². The van der Waals surface area contributed by atoms with Gasteiger partial charge in [0.1, 0.15) is 0 Å². The van der Waals surface area contributed by atoms with Crippen LogP contribution >= 0.6 is 0 Å². The second-order valence-corrected chi connectivity index (χ2v) is 5.18. The van der Waals surface area contributed by atoms with E-state index in [1.165, 1.54) is 5.56 Å². The molecule has 0 spiro atoms. The largest absolute Gasteiger partial charge is 0.294 e. The van der Waals surface area contributed by atoms with Crippen LogP contribution in [0.5, 0.6) is 0 Å². The third-order valence-electron chi connectivity index (χ3n) is 2.82. The van der Waals surface area contributed by atoms with E-state index in [1.54, 1.807) is 12.1 Å². The summed E-state index contributed by atoms with van der Waals surface area (Å²) in [6, 6.07) is 3.15. The lowest BCUT2D eigenvalue weighted by Crippen LogP contribution is -2.04. The minimum absolute atomic E-state index is 0.0124. The molecule has 0 aliphatic rings. The first-order valence-corrected chi connectivity index (χ1v) is 7.00. The quantitative estimate of drug-likeness (QED) is 0.826. The third-order valence-corrected chi connectivity index (χ3v) is 3.65. The van der Waals surface area contributed by atoms with Crippen molar-refractivity contribution in [2.75, 3.05) is 0 Å². The molecule has 4 heteroatoms. The third kappa shape index (κ3) is 2.62. The molecule has 0 unspecified atom stereocenters. The van der Waals surface area contributed by atoms with Gasteiger partial charge in [0.2, 0.25) is 0 Å². The van der Waals surface area contributed by atoms with E-state index >= 15 is 0 Å². The average Bonchev–Trinajstić information content (AvgIpc) is 2.25. The van der Waals surface area contributed by atoms with Gasteiger partial charge in [-0.15, -0.1) is 0 Å². The monoisotopic (exact) mass is 242 g/mol. The van der Waals surface area contributed by atoms with Crippen LogP contribution in [0.2, 0.25) is 0 Å². The summed E-state index contributed by atoms with van der Waals surface area (Å²) in [7, 11) is -4.09. The average molecular weight is 242 g/mol. The van der Waals surface area contributed by atoms with Crippen molar-refractivity contribution in [1.29, 1.82) is 0 Å². The molecular formula is C12H18O3S. The van der Waals surface area contributed by atoms with Crippen molar-refractivity contribution in [3.05, 3.63) is 28.8 Å². The van der Waals surface area contributed by atoms with Crippen LogP contribution in [-0.2, 0) is 29.4 Å². The predicted molar refractivity (Wildman–Crippen MR) is 64.4 cm³/mol. The van der Waals surface area contributed by atoms with Crippen LogP contribution in [0.1, 0.15) is 37.5 Å². The van der Waals surface area contributed by atoms with E-state index in [9.17, 15) is 8.42 Å². The van der Waals surface area contributed by atoms with Crippen LogP contribution in [0.4, 0.5) is 0 Å². The van der Waals surface area contributed by atoms with Gasteiger partial charge >= 0.3 is 0 Å². The molecule has 0 aliphatic heterocycles. The fourth-order valence-electron chi connectivity index (χ4n) is 2.00. The molecule has 0 radical (unpaired) electrons. The highest BCUT2D eigenvalue weighted by Gasteiger charge is 2.14. The highest BCUT2D eigenvalue weighted by Crippen LogP contribution is 2.22. The molecule has 0 saturated carbocycles. The Labute approximate surface area is 97.2 Å². The molecule has 90 valence electrons. The van der Waals surface area contributed by atoms with Gasteiger partial charge in [-0.05, 0) is 48.1 Å². The molecule has 1 aromatic rings. The van der Waals surface area contributed by atoms with Gasteiger partial charge in [-0.25, -0.2) is 0 Å². The maximum Gasteiger partial charge on any atom is 0.294 e. The zero-order valence-electron chi connectivity index (χ0n) is 9.95. The van der Waals surface area contributed by atoms with Crippen molar-refractivity contribution in [3.63, 3.8) is 0 Å². The molecule has 1 N–H and O–H groups in total. The highest BCUT2D eigenvalue weighted by molar-refractivity contribution is 7.85. The molecule has 0 heterocycles. The zero-order chi connectivity index (χ0) is 12.3. The summed E-state index contributed by atoms with van der Waals surface area (Å²) < 4.78 is 31.3. The maximum atomic E-state index is 11.1. The Balaban J connectivity index is 3.49. The van der Waals surface area contributed by atoms with Crippen molar-refractivity contribution < 1.29 is 13.0 Å². The Morgan fingerprint density at radius 2 is 1.44 bits per heavy atom. The molecular weight excluding hydrogens is 224 g/mol.